The van der Waals surface area contributed by atoms with E-state index in [9.17, 15) is 8.42 Å². The van der Waals surface area contributed by atoms with E-state index in [0.717, 1.165) is 23.9 Å². The van der Waals surface area contributed by atoms with Crippen LogP contribution < -0.4 is 5.32 Å². The first-order valence-corrected chi connectivity index (χ1v) is 9.90. The first-order valence-electron chi connectivity index (χ1n) is 7.84. The van der Waals surface area contributed by atoms with E-state index in [1.807, 2.05) is 24.3 Å². The normalized spacial score (nSPS) is 26.7. The van der Waals surface area contributed by atoms with Gasteiger partial charge in [-0.15, -0.1) is 0 Å². The molecule has 1 fully saturated rings. The average molecular weight is 309 g/mol. The lowest BCUT2D eigenvalue weighted by atomic mass is 9.78. The Morgan fingerprint density at radius 3 is 2.33 bits per heavy atom. The molecule has 3 nitrogen and oxygen atoms in total. The number of benzene rings is 1. The maximum atomic E-state index is 11.3. The summed E-state index contributed by atoms with van der Waals surface area (Å²) in [5.74, 6) is 1.65. The van der Waals surface area contributed by atoms with Gasteiger partial charge in [-0.1, -0.05) is 51.0 Å². The van der Waals surface area contributed by atoms with Crippen LogP contribution in [0.3, 0.4) is 0 Å². The molecule has 0 unspecified atom stereocenters. The quantitative estimate of drug-likeness (QED) is 0.909. The molecule has 1 aliphatic rings. The van der Waals surface area contributed by atoms with Gasteiger partial charge >= 0.3 is 0 Å². The lowest BCUT2D eigenvalue weighted by molar-refractivity contribution is 0.206. The Bertz CT molecular complexity index is 551. The highest BCUT2D eigenvalue weighted by molar-refractivity contribution is 7.89. The Morgan fingerprint density at radius 2 is 1.71 bits per heavy atom. The molecule has 21 heavy (non-hydrogen) atoms. The van der Waals surface area contributed by atoms with Crippen LogP contribution in [0.2, 0.25) is 0 Å². The number of rotatable bonds is 5. The maximum Gasteiger partial charge on any atom is 0.151 e. The second-order valence-electron chi connectivity index (χ2n) is 6.64. The van der Waals surface area contributed by atoms with E-state index in [-0.39, 0.29) is 5.75 Å². The number of hydrogen-bond donors (Lipinski definition) is 1. The van der Waals surface area contributed by atoms with Crippen LogP contribution in [0, 0.1) is 11.8 Å². The topological polar surface area (TPSA) is 46.2 Å². The van der Waals surface area contributed by atoms with Gasteiger partial charge in [0.1, 0.15) is 0 Å². The molecular weight excluding hydrogens is 282 g/mol. The zero-order chi connectivity index (χ0) is 15.5. The van der Waals surface area contributed by atoms with Crippen molar-refractivity contribution in [3.05, 3.63) is 35.4 Å². The number of sulfone groups is 1. The summed E-state index contributed by atoms with van der Waals surface area (Å²) in [7, 11) is -2.95. The Hall–Kier alpha value is -0.870. The Kier molecular flexibility index (Phi) is 5.44. The van der Waals surface area contributed by atoms with E-state index in [1.54, 1.807) is 0 Å². The number of nitrogens with one attached hydrogen (secondary N) is 1. The van der Waals surface area contributed by atoms with Crippen molar-refractivity contribution >= 4 is 9.84 Å². The molecule has 4 heteroatoms. The molecule has 0 spiro atoms. The van der Waals surface area contributed by atoms with Crippen LogP contribution in [0.15, 0.2) is 24.3 Å². The van der Waals surface area contributed by atoms with Crippen LogP contribution in [0.25, 0.3) is 0 Å². The molecule has 0 aliphatic heterocycles. The summed E-state index contributed by atoms with van der Waals surface area (Å²) in [6.45, 7) is 5.55. The fraction of sp³-hybridized carbons (Fsp3) is 0.647. The van der Waals surface area contributed by atoms with E-state index < -0.39 is 9.84 Å². The lowest BCUT2D eigenvalue weighted by Crippen LogP contribution is -2.40. The minimum atomic E-state index is -2.95. The van der Waals surface area contributed by atoms with Crippen molar-refractivity contribution < 1.29 is 8.42 Å². The molecule has 3 atom stereocenters. The molecular formula is C17H27NO2S. The van der Waals surface area contributed by atoms with E-state index >= 15 is 0 Å². The van der Waals surface area contributed by atoms with E-state index in [4.69, 9.17) is 0 Å². The second-order valence-corrected chi connectivity index (χ2v) is 8.78. The average Bonchev–Trinajstić information content (AvgIpc) is 2.40. The third-order valence-corrected chi connectivity index (χ3v) is 5.58. The van der Waals surface area contributed by atoms with Crippen molar-refractivity contribution in [2.24, 2.45) is 11.8 Å². The zero-order valence-electron chi connectivity index (χ0n) is 13.3. The summed E-state index contributed by atoms with van der Waals surface area (Å²) in [6.07, 6.45) is 5.20. The molecule has 0 amide bonds. The summed E-state index contributed by atoms with van der Waals surface area (Å²) >= 11 is 0. The highest BCUT2D eigenvalue weighted by atomic mass is 32.2. The lowest BCUT2D eigenvalue weighted by Gasteiger charge is -2.34. The smallest absolute Gasteiger partial charge is 0.151 e. The van der Waals surface area contributed by atoms with E-state index in [0.29, 0.717) is 6.04 Å². The maximum absolute atomic E-state index is 11.3. The summed E-state index contributed by atoms with van der Waals surface area (Å²) < 4.78 is 22.5. The SMILES string of the molecule is C[C@H]1[C@H](C)CCC[C@@H]1NCc1ccc(CS(C)(=O)=O)cc1. The molecule has 0 bridgehead atoms. The van der Waals surface area contributed by atoms with E-state index in [2.05, 4.69) is 19.2 Å². The molecule has 0 radical (unpaired) electrons. The molecule has 2 rings (SSSR count). The van der Waals surface area contributed by atoms with Crippen LogP contribution in [0.1, 0.15) is 44.2 Å². The molecule has 1 saturated carbocycles. The van der Waals surface area contributed by atoms with Crippen molar-refractivity contribution in [2.45, 2.75) is 51.4 Å². The molecule has 1 aromatic rings. The summed E-state index contributed by atoms with van der Waals surface area (Å²) in [4.78, 5) is 0. The third-order valence-electron chi connectivity index (χ3n) is 4.73. The highest BCUT2D eigenvalue weighted by Crippen LogP contribution is 2.29. The predicted molar refractivity (Wildman–Crippen MR) is 87.8 cm³/mol. The van der Waals surface area contributed by atoms with Gasteiger partial charge in [-0.2, -0.15) is 0 Å². The monoisotopic (exact) mass is 309 g/mol. The fourth-order valence-corrected chi connectivity index (χ4v) is 3.97. The van der Waals surface area contributed by atoms with Gasteiger partial charge in [-0.3, -0.25) is 0 Å². The van der Waals surface area contributed by atoms with Gasteiger partial charge in [-0.05, 0) is 29.4 Å². The minimum Gasteiger partial charge on any atom is -0.310 e. The molecule has 0 heterocycles. The fourth-order valence-electron chi connectivity index (χ4n) is 3.18. The van der Waals surface area contributed by atoms with Gasteiger partial charge in [0.05, 0.1) is 5.75 Å². The van der Waals surface area contributed by atoms with Crippen molar-refractivity contribution in [2.75, 3.05) is 6.26 Å². The van der Waals surface area contributed by atoms with Gasteiger partial charge < -0.3 is 5.32 Å². The van der Waals surface area contributed by atoms with Crippen molar-refractivity contribution in [3.63, 3.8) is 0 Å². The van der Waals surface area contributed by atoms with Gasteiger partial charge in [0, 0.05) is 18.8 Å². The Morgan fingerprint density at radius 1 is 1.10 bits per heavy atom. The molecule has 0 saturated heterocycles. The molecule has 0 aromatic heterocycles. The third kappa shape index (κ3) is 5.11. The van der Waals surface area contributed by atoms with Gasteiger partial charge in [0.15, 0.2) is 9.84 Å². The van der Waals surface area contributed by atoms with E-state index in [1.165, 1.54) is 31.1 Å². The Labute approximate surface area is 129 Å². The second kappa shape index (κ2) is 6.93. The van der Waals surface area contributed by atoms with Crippen LogP contribution in [0.4, 0.5) is 0 Å². The van der Waals surface area contributed by atoms with Crippen molar-refractivity contribution in [1.29, 1.82) is 0 Å². The Balaban J connectivity index is 1.89. The van der Waals surface area contributed by atoms with Crippen molar-refractivity contribution in [1.82, 2.24) is 5.32 Å². The summed E-state index contributed by atoms with van der Waals surface area (Å²) in [5, 5.41) is 3.67. The summed E-state index contributed by atoms with van der Waals surface area (Å²) in [6, 6.07) is 8.51. The molecule has 118 valence electrons. The zero-order valence-corrected chi connectivity index (χ0v) is 14.1. The van der Waals surface area contributed by atoms with Crippen LogP contribution >= 0.6 is 0 Å². The highest BCUT2D eigenvalue weighted by Gasteiger charge is 2.26. The van der Waals surface area contributed by atoms with Gasteiger partial charge in [-0.25, -0.2) is 8.42 Å². The summed E-state index contributed by atoms with van der Waals surface area (Å²) in [5.41, 5.74) is 2.08. The molecule has 1 aliphatic carbocycles. The predicted octanol–water partition coefficient (Wildman–Crippen LogP) is 3.15. The van der Waals surface area contributed by atoms with Gasteiger partial charge in [0.2, 0.25) is 0 Å². The van der Waals surface area contributed by atoms with Crippen molar-refractivity contribution in [3.8, 4) is 0 Å². The van der Waals surface area contributed by atoms with Gasteiger partial charge in [0.25, 0.3) is 0 Å². The number of hydrogen-bond acceptors (Lipinski definition) is 3. The molecule has 1 aromatic carbocycles. The first-order chi connectivity index (χ1) is 9.85. The largest absolute Gasteiger partial charge is 0.310 e. The standard InChI is InChI=1S/C17H27NO2S/c1-13-5-4-6-17(14(13)2)18-11-15-7-9-16(10-8-15)12-21(3,19)20/h7-10,13-14,17-18H,4-6,11-12H2,1-3H3/t13-,14+,17+/m1/s1. The van der Waals surface area contributed by atoms with Crippen LogP contribution in [-0.4, -0.2) is 20.7 Å². The minimum absolute atomic E-state index is 0.123. The first kappa shape index (κ1) is 16.5. The van der Waals surface area contributed by atoms with Crippen LogP contribution in [0.5, 0.6) is 0 Å². The van der Waals surface area contributed by atoms with Crippen LogP contribution in [-0.2, 0) is 22.1 Å². The molecule has 1 N–H and O–H groups in total.